The van der Waals surface area contributed by atoms with Gasteiger partial charge in [0.25, 0.3) is 5.91 Å². The van der Waals surface area contributed by atoms with Gasteiger partial charge in [0.15, 0.2) is 17.4 Å². The number of carbonyl (C=O) groups is 3. The molecule has 4 atom stereocenters. The maximum atomic E-state index is 15.1. The number of fused-ring (bicyclic) bond motifs is 2. The highest BCUT2D eigenvalue weighted by Gasteiger charge is 2.51. The second-order valence-electron chi connectivity index (χ2n) is 12.7. The van der Waals surface area contributed by atoms with E-state index in [-0.39, 0.29) is 58.6 Å². The normalized spacial score (nSPS) is 26.5. The van der Waals surface area contributed by atoms with Crippen molar-refractivity contribution in [3.63, 3.8) is 0 Å². The molecular weight excluding hydrogens is 579 g/mol. The molecule has 0 spiro atoms. The zero-order valence-corrected chi connectivity index (χ0v) is 25.6. The Morgan fingerprint density at radius 3 is 2.40 bits per heavy atom. The van der Waals surface area contributed by atoms with Crippen LogP contribution >= 0.6 is 11.6 Å². The number of nitrogens with one attached hydrogen (secondary N) is 2. The van der Waals surface area contributed by atoms with Gasteiger partial charge in [-0.3, -0.25) is 14.4 Å². The van der Waals surface area contributed by atoms with Gasteiger partial charge in [0.2, 0.25) is 5.91 Å². The van der Waals surface area contributed by atoms with Crippen LogP contribution in [0.25, 0.3) is 0 Å². The zero-order valence-electron chi connectivity index (χ0n) is 24.8. The Kier molecular flexibility index (Phi) is 9.10. The summed E-state index contributed by atoms with van der Waals surface area (Å²) in [5.74, 6) is -1.81. The lowest BCUT2D eigenvalue weighted by Crippen LogP contribution is -2.48. The van der Waals surface area contributed by atoms with Gasteiger partial charge in [-0.05, 0) is 83.6 Å². The second-order valence-corrected chi connectivity index (χ2v) is 13.2. The summed E-state index contributed by atoms with van der Waals surface area (Å²) in [7, 11) is 1.36. The number of aromatic nitrogens is 2. The summed E-state index contributed by atoms with van der Waals surface area (Å²) in [5, 5.41) is 13.9. The maximum absolute atomic E-state index is 15.1. The van der Waals surface area contributed by atoms with Gasteiger partial charge in [-0.2, -0.15) is 5.10 Å². The third-order valence-corrected chi connectivity index (χ3v) is 8.80. The molecule has 0 unspecified atom stereocenters. The number of halogens is 2. The maximum Gasteiger partial charge on any atom is 0.309 e. The fraction of sp³-hybridized carbons (Fsp3) is 0.581. The van der Waals surface area contributed by atoms with Crippen LogP contribution in [0.1, 0.15) is 76.1 Å². The summed E-state index contributed by atoms with van der Waals surface area (Å²) < 4.78 is 31.9. The molecule has 2 N–H and O–H groups in total. The molecule has 0 radical (unpaired) electrons. The largest absolute Gasteiger partial charge is 0.496 e. The first-order valence-corrected chi connectivity index (χ1v) is 15.2. The van der Waals surface area contributed by atoms with E-state index in [1.54, 1.807) is 0 Å². The molecule has 12 heteroatoms. The standard InChI is InChI=1S/C31H38ClFN4O6/c1-31(2,3)43-30(40)16-7-9-20(10-8-16)42-24-13-21(23(41-4)14-22(24)33)28(38)36-27-18-6-5-17(11-18)26(27)29(39)35-25-12-19(32)15-34-37-25/h12-18,20,26-27H,5-11H2,1-4H3,(H,36,38)(H,35,37,39)/t16-,17-,18+,20+,26+,27-/m1/s1. The number of rotatable bonds is 8. The molecule has 3 saturated carbocycles. The van der Waals surface area contributed by atoms with E-state index in [4.69, 9.17) is 25.8 Å². The van der Waals surface area contributed by atoms with Crippen molar-refractivity contribution in [3.8, 4) is 11.5 Å². The Morgan fingerprint density at radius 2 is 1.72 bits per heavy atom. The molecule has 0 aliphatic heterocycles. The van der Waals surface area contributed by atoms with Crippen molar-refractivity contribution in [1.82, 2.24) is 15.5 Å². The number of anilines is 1. The summed E-state index contributed by atoms with van der Waals surface area (Å²) in [6, 6.07) is 3.59. The minimum atomic E-state index is -0.650. The zero-order chi connectivity index (χ0) is 30.9. The lowest BCUT2D eigenvalue weighted by Gasteiger charge is -2.31. The van der Waals surface area contributed by atoms with E-state index >= 15 is 4.39 Å². The molecule has 5 rings (SSSR count). The van der Waals surface area contributed by atoms with Crippen LogP contribution in [-0.4, -0.2) is 52.8 Å². The van der Waals surface area contributed by atoms with E-state index in [0.29, 0.717) is 30.7 Å². The van der Waals surface area contributed by atoms with Gasteiger partial charge in [0.05, 0.1) is 41.8 Å². The van der Waals surface area contributed by atoms with E-state index < -0.39 is 29.3 Å². The number of nitrogens with zero attached hydrogens (tertiary/aromatic N) is 2. The molecule has 1 heterocycles. The van der Waals surface area contributed by atoms with Crippen LogP contribution in [0.2, 0.25) is 5.02 Å². The van der Waals surface area contributed by atoms with Gasteiger partial charge in [-0.15, -0.1) is 5.10 Å². The molecule has 10 nitrogen and oxygen atoms in total. The number of benzene rings is 1. The molecule has 1 aromatic heterocycles. The molecule has 2 amide bonds. The predicted molar refractivity (Wildman–Crippen MR) is 156 cm³/mol. The van der Waals surface area contributed by atoms with E-state index in [0.717, 1.165) is 25.3 Å². The number of esters is 1. The highest BCUT2D eigenvalue weighted by molar-refractivity contribution is 6.30. The number of carbonyl (C=O) groups excluding carboxylic acids is 3. The molecule has 1 aromatic carbocycles. The van der Waals surface area contributed by atoms with Crippen molar-refractivity contribution in [2.24, 2.45) is 23.7 Å². The third kappa shape index (κ3) is 7.20. The average Bonchev–Trinajstić information content (AvgIpc) is 3.55. The van der Waals surface area contributed by atoms with Crippen molar-refractivity contribution in [2.75, 3.05) is 12.4 Å². The number of amides is 2. The minimum absolute atomic E-state index is 0.0616. The lowest BCUT2D eigenvalue weighted by atomic mass is 9.83. The van der Waals surface area contributed by atoms with Crippen molar-refractivity contribution < 1.29 is 33.0 Å². The summed E-state index contributed by atoms with van der Waals surface area (Å²) in [5.41, 5.74) is -0.440. The molecule has 0 saturated heterocycles. The Bertz CT molecular complexity index is 1380. The Hall–Kier alpha value is -3.47. The van der Waals surface area contributed by atoms with Gasteiger partial charge < -0.3 is 24.8 Å². The fourth-order valence-electron chi connectivity index (χ4n) is 6.67. The quantitative estimate of drug-likeness (QED) is 0.380. The minimum Gasteiger partial charge on any atom is -0.496 e. The van der Waals surface area contributed by atoms with Crippen molar-refractivity contribution in [3.05, 3.63) is 40.8 Å². The number of methoxy groups -OCH3 is 1. The summed E-state index contributed by atoms with van der Waals surface area (Å²) in [4.78, 5) is 39.4. The van der Waals surface area contributed by atoms with Gasteiger partial charge in [0.1, 0.15) is 11.4 Å². The van der Waals surface area contributed by atoms with Gasteiger partial charge >= 0.3 is 5.97 Å². The first-order valence-electron chi connectivity index (χ1n) is 14.8. The third-order valence-electron chi connectivity index (χ3n) is 8.60. The van der Waals surface area contributed by atoms with Crippen LogP contribution in [0.3, 0.4) is 0 Å². The Labute approximate surface area is 255 Å². The smallest absolute Gasteiger partial charge is 0.309 e. The van der Waals surface area contributed by atoms with Gasteiger partial charge in [-0.1, -0.05) is 11.6 Å². The molecule has 3 aliphatic rings. The number of hydrogen-bond donors (Lipinski definition) is 2. The molecule has 2 aromatic rings. The van der Waals surface area contributed by atoms with Crippen LogP contribution in [0, 0.1) is 29.5 Å². The molecular formula is C31H38ClFN4O6. The van der Waals surface area contributed by atoms with Crippen molar-refractivity contribution in [2.45, 2.75) is 83.5 Å². The monoisotopic (exact) mass is 616 g/mol. The predicted octanol–water partition coefficient (Wildman–Crippen LogP) is 5.34. The Morgan fingerprint density at radius 1 is 1.00 bits per heavy atom. The summed E-state index contributed by atoms with van der Waals surface area (Å²) >= 11 is 5.99. The first kappa shape index (κ1) is 31.0. The van der Waals surface area contributed by atoms with E-state index in [9.17, 15) is 14.4 Å². The van der Waals surface area contributed by atoms with Crippen molar-refractivity contribution in [1.29, 1.82) is 0 Å². The van der Waals surface area contributed by atoms with Crippen LogP contribution < -0.4 is 20.1 Å². The van der Waals surface area contributed by atoms with Crippen LogP contribution in [-0.2, 0) is 14.3 Å². The molecule has 43 heavy (non-hydrogen) atoms. The lowest BCUT2D eigenvalue weighted by molar-refractivity contribution is -0.161. The topological polar surface area (TPSA) is 129 Å². The highest BCUT2D eigenvalue weighted by atomic mass is 35.5. The fourth-order valence-corrected chi connectivity index (χ4v) is 6.82. The highest BCUT2D eigenvalue weighted by Crippen LogP contribution is 2.49. The van der Waals surface area contributed by atoms with Crippen LogP contribution in [0.15, 0.2) is 24.4 Å². The van der Waals surface area contributed by atoms with Gasteiger partial charge in [-0.25, -0.2) is 4.39 Å². The summed E-state index contributed by atoms with van der Waals surface area (Å²) in [6.07, 6.45) is 5.92. The Balaban J connectivity index is 1.27. The van der Waals surface area contributed by atoms with Crippen LogP contribution in [0.4, 0.5) is 10.2 Å². The number of ether oxygens (including phenoxy) is 3. The van der Waals surface area contributed by atoms with E-state index in [2.05, 4.69) is 20.8 Å². The van der Waals surface area contributed by atoms with Gasteiger partial charge in [0, 0.05) is 18.2 Å². The molecule has 3 fully saturated rings. The van der Waals surface area contributed by atoms with E-state index in [1.807, 2.05) is 20.8 Å². The van der Waals surface area contributed by atoms with Crippen molar-refractivity contribution >= 4 is 35.2 Å². The van der Waals surface area contributed by atoms with Crippen LogP contribution in [0.5, 0.6) is 11.5 Å². The number of hydrogen-bond acceptors (Lipinski definition) is 8. The molecule has 2 bridgehead atoms. The average molecular weight is 617 g/mol. The molecule has 232 valence electrons. The SMILES string of the molecule is COc1cc(F)c(O[C@H]2CC[C@@H](C(=O)OC(C)(C)C)CC2)cc1C(=O)N[C@@H]1[C@H]2CC[C@H](C2)[C@@H]1C(=O)Nc1cc(Cl)cnn1. The first-order chi connectivity index (χ1) is 20.4. The molecule has 3 aliphatic carbocycles. The summed E-state index contributed by atoms with van der Waals surface area (Å²) in [6.45, 7) is 5.51. The van der Waals surface area contributed by atoms with E-state index in [1.165, 1.54) is 25.4 Å². The second kappa shape index (κ2) is 12.6.